The van der Waals surface area contributed by atoms with Gasteiger partial charge in [-0.15, -0.1) is 0 Å². The van der Waals surface area contributed by atoms with Crippen molar-refractivity contribution in [2.75, 3.05) is 13.7 Å². The molecule has 0 bridgehead atoms. The van der Waals surface area contributed by atoms with Gasteiger partial charge in [0.25, 0.3) is 5.91 Å². The molecule has 3 rings (SSSR count). The van der Waals surface area contributed by atoms with Crippen LogP contribution in [0.4, 0.5) is 0 Å². The molecule has 0 radical (unpaired) electrons. The second-order valence-corrected chi connectivity index (χ2v) is 6.78. The first-order valence-electron chi connectivity index (χ1n) is 9.49. The number of benzene rings is 1. The molecule has 7 heteroatoms. The summed E-state index contributed by atoms with van der Waals surface area (Å²) in [5, 5.41) is 7.21. The molecule has 1 fully saturated rings. The van der Waals surface area contributed by atoms with Crippen molar-refractivity contribution < 1.29 is 18.7 Å². The molecule has 7 nitrogen and oxygen atoms in total. The van der Waals surface area contributed by atoms with Gasteiger partial charge in [-0.1, -0.05) is 31.4 Å². The zero-order valence-corrected chi connectivity index (χ0v) is 15.9. The summed E-state index contributed by atoms with van der Waals surface area (Å²) < 4.78 is 10.4. The van der Waals surface area contributed by atoms with Crippen molar-refractivity contribution in [1.29, 1.82) is 0 Å². The minimum absolute atomic E-state index is 0.181. The Balaban J connectivity index is 1.51. The molecule has 0 saturated heterocycles. The topological polar surface area (TPSA) is 92.9 Å². The van der Waals surface area contributed by atoms with E-state index < -0.39 is 5.97 Å². The molecule has 1 heterocycles. The first-order chi connectivity index (χ1) is 13.7. The number of hydrogen-bond donors (Lipinski definition) is 2. The number of carbonyl (C=O) groups is 2. The molecule has 148 valence electrons. The third-order valence-corrected chi connectivity index (χ3v) is 4.73. The Bertz CT molecular complexity index is 838. The second-order valence-electron chi connectivity index (χ2n) is 6.78. The molecule has 1 aromatic heterocycles. The van der Waals surface area contributed by atoms with Crippen LogP contribution in [0, 0.1) is 0 Å². The fourth-order valence-corrected chi connectivity index (χ4v) is 3.25. The third kappa shape index (κ3) is 5.53. The number of furan rings is 1. The van der Waals surface area contributed by atoms with Crippen LogP contribution < -0.4 is 10.7 Å². The van der Waals surface area contributed by atoms with Crippen LogP contribution in [0.3, 0.4) is 0 Å². The third-order valence-electron chi connectivity index (χ3n) is 4.73. The summed E-state index contributed by atoms with van der Waals surface area (Å²) in [4.78, 5) is 23.5. The van der Waals surface area contributed by atoms with Gasteiger partial charge >= 0.3 is 5.97 Å². The number of methoxy groups -OCH3 is 1. The van der Waals surface area contributed by atoms with E-state index >= 15 is 0 Å². The van der Waals surface area contributed by atoms with E-state index in [0.29, 0.717) is 23.1 Å². The van der Waals surface area contributed by atoms with E-state index in [1.54, 1.807) is 30.3 Å². The van der Waals surface area contributed by atoms with Crippen LogP contribution in [0.1, 0.15) is 48.2 Å². The molecule has 0 atom stereocenters. The van der Waals surface area contributed by atoms with Crippen LogP contribution in [0.15, 0.2) is 45.9 Å². The normalized spacial score (nSPS) is 14.9. The van der Waals surface area contributed by atoms with Crippen LogP contribution in [-0.4, -0.2) is 37.8 Å². The largest absolute Gasteiger partial charge is 0.465 e. The highest BCUT2D eigenvalue weighted by Crippen LogP contribution is 2.23. The Morgan fingerprint density at radius 1 is 1.21 bits per heavy atom. The van der Waals surface area contributed by atoms with Crippen LogP contribution in [-0.2, 0) is 9.53 Å². The lowest BCUT2D eigenvalue weighted by Crippen LogP contribution is -2.38. The highest BCUT2D eigenvalue weighted by molar-refractivity contribution is 5.90. The molecule has 1 aliphatic carbocycles. The first kappa shape index (κ1) is 19.8. The van der Waals surface area contributed by atoms with E-state index in [9.17, 15) is 9.59 Å². The van der Waals surface area contributed by atoms with Gasteiger partial charge in [0.05, 0.1) is 25.4 Å². The van der Waals surface area contributed by atoms with Crippen molar-refractivity contribution in [3.8, 4) is 11.3 Å². The molecule has 0 spiro atoms. The SMILES string of the molecule is COC(=O)c1cccc(-c2ccc(/C=N\NC(=O)CNC3CCCCC3)o2)c1. The first-order valence-corrected chi connectivity index (χ1v) is 9.49. The quantitative estimate of drug-likeness (QED) is 0.435. The lowest BCUT2D eigenvalue weighted by Gasteiger charge is -2.22. The summed E-state index contributed by atoms with van der Waals surface area (Å²) in [6.45, 7) is 0.256. The van der Waals surface area contributed by atoms with E-state index in [2.05, 4.69) is 15.8 Å². The number of nitrogens with zero attached hydrogens (tertiary/aromatic N) is 1. The fourth-order valence-electron chi connectivity index (χ4n) is 3.25. The summed E-state index contributed by atoms with van der Waals surface area (Å²) >= 11 is 0. The zero-order valence-electron chi connectivity index (χ0n) is 15.9. The maximum atomic E-state index is 11.9. The molecule has 2 aromatic rings. The smallest absolute Gasteiger partial charge is 0.337 e. The molecule has 0 unspecified atom stereocenters. The van der Waals surface area contributed by atoms with Crippen molar-refractivity contribution in [1.82, 2.24) is 10.7 Å². The number of esters is 1. The maximum Gasteiger partial charge on any atom is 0.337 e. The number of amides is 1. The average Bonchev–Trinajstić information content (AvgIpc) is 3.21. The molecule has 0 aliphatic heterocycles. The number of nitrogens with one attached hydrogen (secondary N) is 2. The van der Waals surface area contributed by atoms with E-state index in [1.165, 1.54) is 32.6 Å². The van der Waals surface area contributed by atoms with Crippen molar-refractivity contribution >= 4 is 18.1 Å². The molecule has 2 N–H and O–H groups in total. The van der Waals surface area contributed by atoms with Crippen LogP contribution in [0.2, 0.25) is 0 Å². The Labute approximate surface area is 164 Å². The summed E-state index contributed by atoms with van der Waals surface area (Å²) in [5.41, 5.74) is 3.70. The number of hydrazone groups is 1. The van der Waals surface area contributed by atoms with Gasteiger partial charge < -0.3 is 14.5 Å². The van der Waals surface area contributed by atoms with Crippen molar-refractivity contribution in [2.45, 2.75) is 38.1 Å². The summed E-state index contributed by atoms with van der Waals surface area (Å²) in [5.74, 6) is 0.510. The Kier molecular flexibility index (Phi) is 6.97. The van der Waals surface area contributed by atoms with Gasteiger partial charge in [0.2, 0.25) is 0 Å². The van der Waals surface area contributed by atoms with Crippen LogP contribution in [0.25, 0.3) is 11.3 Å². The Morgan fingerprint density at radius 2 is 2.04 bits per heavy atom. The number of carbonyl (C=O) groups excluding carboxylic acids is 2. The van der Waals surface area contributed by atoms with Gasteiger partial charge in [0.15, 0.2) is 0 Å². The Hall–Kier alpha value is -2.93. The number of hydrogen-bond acceptors (Lipinski definition) is 6. The molecule has 1 aromatic carbocycles. The summed E-state index contributed by atoms with van der Waals surface area (Å²) in [6, 6.07) is 10.9. The minimum Gasteiger partial charge on any atom is -0.465 e. The maximum absolute atomic E-state index is 11.9. The Morgan fingerprint density at radius 3 is 2.82 bits per heavy atom. The van der Waals surface area contributed by atoms with Gasteiger partial charge in [-0.05, 0) is 37.1 Å². The van der Waals surface area contributed by atoms with E-state index in [4.69, 9.17) is 9.15 Å². The molecule has 28 heavy (non-hydrogen) atoms. The highest BCUT2D eigenvalue weighted by atomic mass is 16.5. The lowest BCUT2D eigenvalue weighted by molar-refractivity contribution is -0.120. The van der Waals surface area contributed by atoms with Crippen LogP contribution in [0.5, 0.6) is 0 Å². The van der Waals surface area contributed by atoms with Crippen molar-refractivity contribution in [3.63, 3.8) is 0 Å². The minimum atomic E-state index is -0.403. The van der Waals surface area contributed by atoms with Crippen molar-refractivity contribution in [2.24, 2.45) is 5.10 Å². The van der Waals surface area contributed by atoms with Gasteiger partial charge in [-0.3, -0.25) is 4.79 Å². The molecule has 1 saturated carbocycles. The van der Waals surface area contributed by atoms with Crippen molar-refractivity contribution in [3.05, 3.63) is 47.7 Å². The van der Waals surface area contributed by atoms with E-state index in [0.717, 1.165) is 18.4 Å². The zero-order chi connectivity index (χ0) is 19.8. The van der Waals surface area contributed by atoms with E-state index in [-0.39, 0.29) is 12.5 Å². The summed E-state index contributed by atoms with van der Waals surface area (Å²) in [7, 11) is 1.34. The molecule has 1 amide bonds. The van der Waals surface area contributed by atoms with Gasteiger partial charge in [0.1, 0.15) is 11.5 Å². The highest BCUT2D eigenvalue weighted by Gasteiger charge is 2.13. The monoisotopic (exact) mass is 383 g/mol. The fraction of sp³-hybridized carbons (Fsp3) is 0.381. The number of ether oxygens (including phenoxy) is 1. The lowest BCUT2D eigenvalue weighted by atomic mass is 9.95. The predicted octanol–water partition coefficient (Wildman–Crippen LogP) is 3.11. The molecular formula is C21H25N3O4. The predicted molar refractivity (Wildman–Crippen MR) is 106 cm³/mol. The van der Waals surface area contributed by atoms with E-state index in [1.807, 2.05) is 6.07 Å². The van der Waals surface area contributed by atoms with Gasteiger partial charge in [-0.2, -0.15) is 5.10 Å². The molecule has 1 aliphatic rings. The average molecular weight is 383 g/mol. The second kappa shape index (κ2) is 9.85. The van der Waals surface area contributed by atoms with Crippen LogP contribution >= 0.6 is 0 Å². The molecular weight excluding hydrogens is 358 g/mol. The number of rotatable bonds is 7. The van der Waals surface area contributed by atoms with Gasteiger partial charge in [0, 0.05) is 11.6 Å². The van der Waals surface area contributed by atoms with Gasteiger partial charge in [-0.25, -0.2) is 10.2 Å². The summed E-state index contributed by atoms with van der Waals surface area (Å²) in [6.07, 6.45) is 7.44. The standard InChI is InChI=1S/C21H25N3O4/c1-27-21(26)16-7-5-6-15(12-16)19-11-10-18(28-19)13-23-24-20(25)14-22-17-8-3-2-4-9-17/h5-7,10-13,17,22H,2-4,8-9,14H2,1H3,(H,24,25)/b23-13-.